The monoisotopic (exact) mass is 297 g/mol. The third-order valence-corrected chi connectivity index (χ3v) is 3.35. The number of aliphatic hydroxyl groups is 2. The molecular weight excluding hydrogens is 282 g/mol. The molecule has 0 spiro atoms. The van der Waals surface area contributed by atoms with Crippen LogP contribution in [0.15, 0.2) is 22.6 Å². The molecule has 5 nitrogen and oxygen atoms in total. The first-order valence-electron chi connectivity index (χ1n) is 6.28. The lowest BCUT2D eigenvalue weighted by Crippen LogP contribution is -2.35. The van der Waals surface area contributed by atoms with Crippen LogP contribution in [0.4, 0.5) is 0 Å². The second kappa shape index (κ2) is 6.26. The van der Waals surface area contributed by atoms with Crippen LogP contribution in [0, 0.1) is 6.92 Å². The summed E-state index contributed by atoms with van der Waals surface area (Å²) in [4.78, 5) is 13.7. The third kappa shape index (κ3) is 2.80. The number of hydrogen-bond donors (Lipinski definition) is 2. The summed E-state index contributed by atoms with van der Waals surface area (Å²) in [6.45, 7) is 1.74. The zero-order chi connectivity index (χ0) is 14.7. The zero-order valence-corrected chi connectivity index (χ0v) is 11.9. The molecule has 0 unspecified atom stereocenters. The van der Waals surface area contributed by atoms with Crippen molar-refractivity contribution >= 4 is 28.5 Å². The molecule has 0 fully saturated rings. The largest absolute Gasteiger partial charge is 0.451 e. The molecule has 2 rings (SSSR count). The van der Waals surface area contributed by atoms with Gasteiger partial charge in [-0.3, -0.25) is 4.79 Å². The number of furan rings is 1. The van der Waals surface area contributed by atoms with Crippen molar-refractivity contribution in [3.8, 4) is 0 Å². The highest BCUT2D eigenvalue weighted by molar-refractivity contribution is 6.31. The molecular formula is C14H16ClNO4. The SMILES string of the molecule is Cc1c(C(=O)N(CCO)CCO)oc2ccc(Cl)cc12. The van der Waals surface area contributed by atoms with E-state index in [1.54, 1.807) is 25.1 Å². The Morgan fingerprint density at radius 2 is 1.95 bits per heavy atom. The number of carbonyl (C=O) groups excluding carboxylic acids is 1. The van der Waals surface area contributed by atoms with Crippen LogP contribution < -0.4 is 0 Å². The summed E-state index contributed by atoms with van der Waals surface area (Å²) >= 11 is 5.94. The maximum Gasteiger partial charge on any atom is 0.290 e. The molecule has 6 heteroatoms. The molecule has 0 radical (unpaired) electrons. The lowest BCUT2D eigenvalue weighted by molar-refractivity contribution is 0.0655. The predicted octanol–water partition coefficient (Wildman–Crippen LogP) is 1.82. The molecule has 0 saturated carbocycles. The summed E-state index contributed by atoms with van der Waals surface area (Å²) in [7, 11) is 0. The first-order valence-corrected chi connectivity index (χ1v) is 6.66. The standard InChI is InChI=1S/C14H16ClNO4/c1-9-11-8-10(15)2-3-12(11)20-13(9)14(19)16(4-6-17)5-7-18/h2-3,8,17-18H,4-7H2,1H3. The first kappa shape index (κ1) is 14.8. The molecule has 2 N–H and O–H groups in total. The van der Waals surface area contributed by atoms with Gasteiger partial charge in [0.15, 0.2) is 5.76 Å². The van der Waals surface area contributed by atoms with E-state index in [-0.39, 0.29) is 38.0 Å². The second-order valence-electron chi connectivity index (χ2n) is 4.44. The Bertz CT molecular complexity index is 617. The van der Waals surface area contributed by atoms with E-state index < -0.39 is 0 Å². The fourth-order valence-corrected chi connectivity index (χ4v) is 2.27. The Kier molecular flexibility index (Phi) is 4.65. The lowest BCUT2D eigenvalue weighted by atomic mass is 10.1. The fraction of sp³-hybridized carbons (Fsp3) is 0.357. The molecule has 0 aliphatic heterocycles. The van der Waals surface area contributed by atoms with Gasteiger partial charge in [-0.2, -0.15) is 0 Å². The van der Waals surface area contributed by atoms with Crippen molar-refractivity contribution in [1.82, 2.24) is 4.90 Å². The average molecular weight is 298 g/mol. The molecule has 0 aliphatic carbocycles. The maximum absolute atomic E-state index is 12.4. The van der Waals surface area contributed by atoms with Crippen molar-refractivity contribution in [2.75, 3.05) is 26.3 Å². The van der Waals surface area contributed by atoms with Crippen LogP contribution in [0.5, 0.6) is 0 Å². The third-order valence-electron chi connectivity index (χ3n) is 3.12. The highest BCUT2D eigenvalue weighted by Crippen LogP contribution is 2.28. The number of benzene rings is 1. The summed E-state index contributed by atoms with van der Waals surface area (Å²) in [5.41, 5.74) is 1.29. The maximum atomic E-state index is 12.4. The number of rotatable bonds is 5. The van der Waals surface area contributed by atoms with E-state index >= 15 is 0 Å². The first-order chi connectivity index (χ1) is 9.58. The van der Waals surface area contributed by atoms with Gasteiger partial charge in [0.25, 0.3) is 5.91 Å². The van der Waals surface area contributed by atoms with Crippen LogP contribution in [0.2, 0.25) is 5.02 Å². The number of fused-ring (bicyclic) bond motifs is 1. The quantitative estimate of drug-likeness (QED) is 0.883. The van der Waals surface area contributed by atoms with Gasteiger partial charge in [-0.25, -0.2) is 0 Å². The minimum Gasteiger partial charge on any atom is -0.451 e. The van der Waals surface area contributed by atoms with Gasteiger partial charge in [-0.05, 0) is 25.1 Å². The van der Waals surface area contributed by atoms with E-state index in [4.69, 9.17) is 26.2 Å². The summed E-state index contributed by atoms with van der Waals surface area (Å²) < 4.78 is 5.58. The molecule has 0 bridgehead atoms. The van der Waals surface area contributed by atoms with Crippen LogP contribution in [0.25, 0.3) is 11.0 Å². The van der Waals surface area contributed by atoms with Gasteiger partial charge in [-0.1, -0.05) is 11.6 Å². The molecule has 20 heavy (non-hydrogen) atoms. The van der Waals surface area contributed by atoms with Gasteiger partial charge in [0.05, 0.1) is 13.2 Å². The minimum absolute atomic E-state index is 0.149. The van der Waals surface area contributed by atoms with Gasteiger partial charge in [0.1, 0.15) is 5.58 Å². The fourth-order valence-electron chi connectivity index (χ4n) is 2.10. The number of nitrogens with zero attached hydrogens (tertiary/aromatic N) is 1. The molecule has 0 saturated heterocycles. The van der Waals surface area contributed by atoms with Gasteiger partial charge < -0.3 is 19.5 Å². The van der Waals surface area contributed by atoms with E-state index in [9.17, 15) is 4.79 Å². The van der Waals surface area contributed by atoms with Crippen molar-refractivity contribution in [3.63, 3.8) is 0 Å². The smallest absolute Gasteiger partial charge is 0.290 e. The number of aryl methyl sites for hydroxylation is 1. The van der Waals surface area contributed by atoms with E-state index in [2.05, 4.69) is 0 Å². The Labute approximate surface area is 121 Å². The van der Waals surface area contributed by atoms with Crippen LogP contribution >= 0.6 is 11.6 Å². The lowest BCUT2D eigenvalue weighted by Gasteiger charge is -2.19. The second-order valence-corrected chi connectivity index (χ2v) is 4.87. The van der Waals surface area contributed by atoms with E-state index in [1.807, 2.05) is 0 Å². The van der Waals surface area contributed by atoms with Crippen LogP contribution in [0.3, 0.4) is 0 Å². The van der Waals surface area contributed by atoms with E-state index in [0.717, 1.165) is 5.39 Å². The average Bonchev–Trinajstić information content (AvgIpc) is 2.75. The Morgan fingerprint density at radius 1 is 1.30 bits per heavy atom. The minimum atomic E-state index is -0.349. The van der Waals surface area contributed by atoms with Crippen molar-refractivity contribution in [2.24, 2.45) is 0 Å². The number of halogens is 1. The van der Waals surface area contributed by atoms with Gasteiger partial charge in [0.2, 0.25) is 0 Å². The van der Waals surface area contributed by atoms with Crippen LogP contribution in [-0.2, 0) is 0 Å². The number of aliphatic hydroxyl groups excluding tert-OH is 2. The van der Waals surface area contributed by atoms with Crippen molar-refractivity contribution in [1.29, 1.82) is 0 Å². The molecule has 1 heterocycles. The van der Waals surface area contributed by atoms with Crippen molar-refractivity contribution in [2.45, 2.75) is 6.92 Å². The summed E-state index contributed by atoms with van der Waals surface area (Å²) in [5, 5.41) is 19.3. The molecule has 0 atom stereocenters. The number of hydrogen-bond acceptors (Lipinski definition) is 4. The molecule has 108 valence electrons. The summed E-state index contributed by atoms with van der Waals surface area (Å²) in [6.07, 6.45) is 0. The van der Waals surface area contributed by atoms with E-state index in [1.165, 1.54) is 4.90 Å². The molecule has 1 amide bonds. The Hall–Kier alpha value is -1.56. The summed E-state index contributed by atoms with van der Waals surface area (Å²) in [5.74, 6) is -0.137. The normalized spacial score (nSPS) is 11.0. The van der Waals surface area contributed by atoms with Crippen LogP contribution in [0.1, 0.15) is 16.1 Å². The van der Waals surface area contributed by atoms with E-state index in [0.29, 0.717) is 16.2 Å². The number of carbonyl (C=O) groups is 1. The Morgan fingerprint density at radius 3 is 2.55 bits per heavy atom. The van der Waals surface area contributed by atoms with Gasteiger partial charge >= 0.3 is 0 Å². The van der Waals surface area contributed by atoms with Crippen molar-refractivity contribution < 1.29 is 19.4 Å². The van der Waals surface area contributed by atoms with Gasteiger partial charge in [0, 0.05) is 29.1 Å². The highest BCUT2D eigenvalue weighted by Gasteiger charge is 2.22. The molecule has 1 aromatic heterocycles. The van der Waals surface area contributed by atoms with Crippen LogP contribution in [-0.4, -0.2) is 47.3 Å². The molecule has 0 aliphatic rings. The highest BCUT2D eigenvalue weighted by atomic mass is 35.5. The zero-order valence-electron chi connectivity index (χ0n) is 11.1. The Balaban J connectivity index is 2.40. The topological polar surface area (TPSA) is 73.9 Å². The molecule has 1 aromatic carbocycles. The number of amides is 1. The summed E-state index contributed by atoms with van der Waals surface area (Å²) in [6, 6.07) is 5.15. The van der Waals surface area contributed by atoms with Gasteiger partial charge in [-0.15, -0.1) is 0 Å². The van der Waals surface area contributed by atoms with Crippen molar-refractivity contribution in [3.05, 3.63) is 34.5 Å². The molecule has 2 aromatic rings. The predicted molar refractivity (Wildman–Crippen MR) is 76.0 cm³/mol.